The Morgan fingerprint density at radius 2 is 2.15 bits per heavy atom. The Balaban J connectivity index is 1.71. The summed E-state index contributed by atoms with van der Waals surface area (Å²) in [6, 6.07) is 1.26. The van der Waals surface area contributed by atoms with Crippen LogP contribution in [0.5, 0.6) is 5.75 Å². The number of ether oxygens (including phenoxy) is 1. The zero-order valence-electron chi connectivity index (χ0n) is 12.3. The number of aryl methyl sites for hydroxylation is 1. The molecule has 2 bridgehead atoms. The number of nitrogens with one attached hydrogen (secondary N) is 1. The van der Waals surface area contributed by atoms with Gasteiger partial charge in [0, 0.05) is 25.0 Å². The van der Waals surface area contributed by atoms with E-state index in [1.54, 1.807) is 18.0 Å². The van der Waals surface area contributed by atoms with Crippen LogP contribution in [0.2, 0.25) is 0 Å². The van der Waals surface area contributed by atoms with Crippen LogP contribution in [0.15, 0.2) is 6.20 Å². The highest BCUT2D eigenvalue weighted by Crippen LogP contribution is 2.34. The number of fused-ring (bicyclic) bond motifs is 2. The molecule has 0 spiro atoms. The zero-order chi connectivity index (χ0) is 14.1. The molecule has 2 saturated heterocycles. The number of aromatic nitrogens is 2. The average Bonchev–Trinajstić information content (AvgIpc) is 3.01. The van der Waals surface area contributed by atoms with Crippen molar-refractivity contribution in [2.75, 3.05) is 7.11 Å². The standard InChI is InChI=1S/C15H23N3O2/c1-3-18-15(14(20-2)9-16-18)13(19)8-10-6-11-4-5-12(7-10)17-11/h9-12,17H,3-8H2,1-2H3. The van der Waals surface area contributed by atoms with E-state index in [9.17, 15) is 4.79 Å². The third-order valence-corrected chi connectivity index (χ3v) is 4.63. The second-order valence-electron chi connectivity index (χ2n) is 5.98. The molecule has 3 heterocycles. The second-order valence-corrected chi connectivity index (χ2v) is 5.98. The zero-order valence-corrected chi connectivity index (χ0v) is 12.3. The van der Waals surface area contributed by atoms with E-state index in [-0.39, 0.29) is 5.78 Å². The van der Waals surface area contributed by atoms with Gasteiger partial charge in [-0.1, -0.05) is 0 Å². The smallest absolute Gasteiger partial charge is 0.184 e. The number of methoxy groups -OCH3 is 1. The lowest BCUT2D eigenvalue weighted by molar-refractivity contribution is 0.0931. The van der Waals surface area contributed by atoms with E-state index >= 15 is 0 Å². The summed E-state index contributed by atoms with van der Waals surface area (Å²) in [6.45, 7) is 2.69. The summed E-state index contributed by atoms with van der Waals surface area (Å²) < 4.78 is 7.02. The van der Waals surface area contributed by atoms with Crippen molar-refractivity contribution in [1.82, 2.24) is 15.1 Å². The van der Waals surface area contributed by atoms with Crippen molar-refractivity contribution in [1.29, 1.82) is 0 Å². The van der Waals surface area contributed by atoms with Gasteiger partial charge >= 0.3 is 0 Å². The molecule has 2 aliphatic heterocycles. The van der Waals surface area contributed by atoms with E-state index in [0.29, 0.717) is 42.4 Å². The van der Waals surface area contributed by atoms with Gasteiger partial charge in [-0.05, 0) is 38.5 Å². The lowest BCUT2D eigenvalue weighted by atomic mass is 9.87. The molecule has 1 aromatic heterocycles. The first-order valence-electron chi connectivity index (χ1n) is 7.60. The lowest BCUT2D eigenvalue weighted by Gasteiger charge is -2.28. The molecule has 1 N–H and O–H groups in total. The molecule has 0 aromatic carbocycles. The van der Waals surface area contributed by atoms with E-state index in [1.165, 1.54) is 12.8 Å². The van der Waals surface area contributed by atoms with E-state index in [1.807, 2.05) is 6.92 Å². The van der Waals surface area contributed by atoms with Gasteiger partial charge in [0.2, 0.25) is 0 Å². The van der Waals surface area contributed by atoms with Gasteiger partial charge in [0.05, 0.1) is 13.3 Å². The molecule has 20 heavy (non-hydrogen) atoms. The lowest BCUT2D eigenvalue weighted by Crippen LogP contribution is -2.38. The Kier molecular flexibility index (Phi) is 3.78. The van der Waals surface area contributed by atoms with Gasteiger partial charge < -0.3 is 10.1 Å². The minimum atomic E-state index is 0.174. The van der Waals surface area contributed by atoms with Crippen molar-refractivity contribution < 1.29 is 9.53 Å². The molecule has 5 nitrogen and oxygen atoms in total. The van der Waals surface area contributed by atoms with Crippen molar-refractivity contribution in [3.63, 3.8) is 0 Å². The summed E-state index contributed by atoms with van der Waals surface area (Å²) in [7, 11) is 1.60. The minimum absolute atomic E-state index is 0.174. The molecular formula is C15H23N3O2. The van der Waals surface area contributed by atoms with Crippen molar-refractivity contribution in [3.8, 4) is 5.75 Å². The van der Waals surface area contributed by atoms with Gasteiger partial charge in [-0.15, -0.1) is 0 Å². The van der Waals surface area contributed by atoms with Crippen molar-refractivity contribution >= 4 is 5.78 Å². The van der Waals surface area contributed by atoms with Crippen molar-refractivity contribution in [2.24, 2.45) is 5.92 Å². The number of nitrogens with zero attached hydrogens (tertiary/aromatic N) is 2. The van der Waals surface area contributed by atoms with E-state index in [2.05, 4.69) is 10.4 Å². The number of carbonyl (C=O) groups excluding carboxylic acids is 1. The first-order valence-corrected chi connectivity index (χ1v) is 7.60. The van der Waals surface area contributed by atoms with Crippen LogP contribution < -0.4 is 10.1 Å². The molecule has 110 valence electrons. The van der Waals surface area contributed by atoms with Gasteiger partial charge in [0.1, 0.15) is 5.69 Å². The predicted molar refractivity (Wildman–Crippen MR) is 76.1 cm³/mol. The molecule has 0 radical (unpaired) electrons. The fourth-order valence-electron chi connectivity index (χ4n) is 3.74. The van der Waals surface area contributed by atoms with Crippen LogP contribution in [-0.2, 0) is 6.54 Å². The SMILES string of the molecule is CCn1ncc(OC)c1C(=O)CC1CC2CCC(C1)N2. The van der Waals surface area contributed by atoms with Crippen LogP contribution in [0.1, 0.15) is 49.5 Å². The summed E-state index contributed by atoms with van der Waals surface area (Å²) in [5.41, 5.74) is 0.640. The van der Waals surface area contributed by atoms with Crippen LogP contribution >= 0.6 is 0 Å². The Bertz CT molecular complexity index is 464. The van der Waals surface area contributed by atoms with Gasteiger partial charge in [-0.25, -0.2) is 0 Å². The Labute approximate surface area is 119 Å². The van der Waals surface area contributed by atoms with Gasteiger partial charge in [-0.3, -0.25) is 9.48 Å². The van der Waals surface area contributed by atoms with Crippen molar-refractivity contribution in [2.45, 2.75) is 57.7 Å². The highest BCUT2D eigenvalue weighted by atomic mass is 16.5. The molecular weight excluding hydrogens is 254 g/mol. The number of carbonyl (C=O) groups is 1. The van der Waals surface area contributed by atoms with E-state index in [0.717, 1.165) is 12.8 Å². The number of hydrogen-bond acceptors (Lipinski definition) is 4. The first-order chi connectivity index (χ1) is 9.71. The van der Waals surface area contributed by atoms with Crippen LogP contribution in [-0.4, -0.2) is 34.8 Å². The topological polar surface area (TPSA) is 56.2 Å². The first kappa shape index (κ1) is 13.6. The van der Waals surface area contributed by atoms with E-state index < -0.39 is 0 Å². The minimum Gasteiger partial charge on any atom is -0.493 e. The Hall–Kier alpha value is -1.36. The summed E-state index contributed by atoms with van der Waals surface area (Å²) in [4.78, 5) is 12.6. The molecule has 0 amide bonds. The van der Waals surface area contributed by atoms with Gasteiger partial charge in [0.15, 0.2) is 11.5 Å². The number of hydrogen-bond donors (Lipinski definition) is 1. The number of ketones is 1. The van der Waals surface area contributed by atoms with Crippen LogP contribution in [0.3, 0.4) is 0 Å². The fourth-order valence-corrected chi connectivity index (χ4v) is 3.74. The third kappa shape index (κ3) is 2.46. The summed E-state index contributed by atoms with van der Waals surface area (Å²) in [5.74, 6) is 1.28. The quantitative estimate of drug-likeness (QED) is 0.837. The second kappa shape index (κ2) is 5.56. The van der Waals surface area contributed by atoms with Gasteiger partial charge in [-0.2, -0.15) is 5.10 Å². The normalized spacial score (nSPS) is 28.6. The van der Waals surface area contributed by atoms with Crippen LogP contribution in [0, 0.1) is 5.92 Å². The fraction of sp³-hybridized carbons (Fsp3) is 0.733. The van der Waals surface area contributed by atoms with Crippen LogP contribution in [0.25, 0.3) is 0 Å². The third-order valence-electron chi connectivity index (χ3n) is 4.63. The highest BCUT2D eigenvalue weighted by Gasteiger charge is 2.35. The summed E-state index contributed by atoms with van der Waals surface area (Å²) in [5, 5.41) is 7.84. The maximum absolute atomic E-state index is 12.6. The molecule has 5 heteroatoms. The molecule has 2 aliphatic rings. The largest absolute Gasteiger partial charge is 0.493 e. The molecule has 0 saturated carbocycles. The average molecular weight is 277 g/mol. The molecule has 2 atom stereocenters. The van der Waals surface area contributed by atoms with E-state index in [4.69, 9.17) is 4.74 Å². The molecule has 3 rings (SSSR count). The number of piperidine rings is 1. The Morgan fingerprint density at radius 3 is 2.75 bits per heavy atom. The van der Waals surface area contributed by atoms with Gasteiger partial charge in [0.25, 0.3) is 0 Å². The molecule has 1 aromatic rings. The monoisotopic (exact) mass is 277 g/mol. The number of Topliss-reactive ketones (excluding diaryl/α,β-unsaturated/α-hetero) is 1. The summed E-state index contributed by atoms with van der Waals surface area (Å²) in [6.07, 6.45) is 7.06. The highest BCUT2D eigenvalue weighted by molar-refractivity contribution is 5.97. The number of rotatable bonds is 5. The maximum Gasteiger partial charge on any atom is 0.184 e. The summed E-state index contributed by atoms with van der Waals surface area (Å²) >= 11 is 0. The molecule has 2 fully saturated rings. The molecule has 0 aliphatic carbocycles. The van der Waals surface area contributed by atoms with Crippen LogP contribution in [0.4, 0.5) is 0 Å². The maximum atomic E-state index is 12.6. The predicted octanol–water partition coefficient (Wildman–Crippen LogP) is 2.02. The molecule has 2 unspecified atom stereocenters. The Morgan fingerprint density at radius 1 is 1.45 bits per heavy atom. The van der Waals surface area contributed by atoms with Crippen molar-refractivity contribution in [3.05, 3.63) is 11.9 Å².